The van der Waals surface area contributed by atoms with Crippen LogP contribution in [0.3, 0.4) is 0 Å². The summed E-state index contributed by atoms with van der Waals surface area (Å²) >= 11 is 0. The zero-order chi connectivity index (χ0) is 12.3. The van der Waals surface area contributed by atoms with E-state index in [-0.39, 0.29) is 5.41 Å². The second-order valence-corrected chi connectivity index (χ2v) is 5.52. The molecule has 17 heavy (non-hydrogen) atoms. The largest absolute Gasteiger partial charge is 0.0622 e. The maximum absolute atomic E-state index is 3.40. The van der Waals surface area contributed by atoms with Gasteiger partial charge in [0.15, 0.2) is 0 Å². The van der Waals surface area contributed by atoms with Gasteiger partial charge >= 0.3 is 0 Å². The topological polar surface area (TPSA) is 0 Å². The zero-order valence-electron chi connectivity index (χ0n) is 10.8. The van der Waals surface area contributed by atoms with Crippen molar-refractivity contribution in [1.29, 1.82) is 0 Å². The Morgan fingerprint density at radius 2 is 1.59 bits per heavy atom. The molecule has 0 atom stereocenters. The van der Waals surface area contributed by atoms with Gasteiger partial charge in [-0.1, -0.05) is 69.3 Å². The Labute approximate surface area is 104 Å². The maximum atomic E-state index is 3.40. The first-order valence-electron chi connectivity index (χ1n) is 6.11. The molecule has 0 heteroatoms. The molecule has 2 aromatic carbocycles. The Balaban J connectivity index is 2.14. The highest BCUT2D eigenvalue weighted by Gasteiger charge is 2.13. The summed E-state index contributed by atoms with van der Waals surface area (Å²) in [5.74, 6) is 0. The standard InChI is InChI=1S/C17H19/c1-17(2,3)16-11-9-15(10-12-16)13-14-7-5-4-6-8-14/h4-11H,13H2,1-3H3. The van der Waals surface area contributed by atoms with E-state index in [1.54, 1.807) is 0 Å². The van der Waals surface area contributed by atoms with E-state index in [2.05, 4.69) is 75.4 Å². The lowest BCUT2D eigenvalue weighted by Crippen LogP contribution is -2.10. The lowest BCUT2D eigenvalue weighted by molar-refractivity contribution is 0.589. The van der Waals surface area contributed by atoms with Crippen LogP contribution >= 0.6 is 0 Å². The molecule has 0 N–H and O–H groups in total. The van der Waals surface area contributed by atoms with Crippen LogP contribution in [0.1, 0.15) is 37.5 Å². The maximum Gasteiger partial charge on any atom is -0.00256 e. The third-order valence-electron chi connectivity index (χ3n) is 2.94. The van der Waals surface area contributed by atoms with E-state index >= 15 is 0 Å². The summed E-state index contributed by atoms with van der Waals surface area (Å²) in [6.45, 7) is 6.65. The normalized spacial score (nSPS) is 11.5. The third-order valence-corrected chi connectivity index (χ3v) is 2.94. The van der Waals surface area contributed by atoms with E-state index in [0.717, 1.165) is 6.42 Å². The van der Waals surface area contributed by atoms with Gasteiger partial charge in [0.1, 0.15) is 0 Å². The summed E-state index contributed by atoms with van der Waals surface area (Å²) in [5, 5.41) is 0. The monoisotopic (exact) mass is 223 g/mol. The first-order valence-corrected chi connectivity index (χ1v) is 6.11. The van der Waals surface area contributed by atoms with E-state index in [1.165, 1.54) is 16.7 Å². The molecule has 2 rings (SSSR count). The van der Waals surface area contributed by atoms with E-state index < -0.39 is 0 Å². The Hall–Kier alpha value is -1.56. The SMILES string of the molecule is CC(C)(C)c1[c]cc(Cc2ccccc2)cc1. The average Bonchev–Trinajstić information content (AvgIpc) is 2.30. The Kier molecular flexibility index (Phi) is 3.33. The van der Waals surface area contributed by atoms with Crippen LogP contribution in [0.5, 0.6) is 0 Å². The molecule has 0 heterocycles. The molecule has 0 nitrogen and oxygen atoms in total. The fourth-order valence-electron chi connectivity index (χ4n) is 1.87. The molecule has 0 aliphatic rings. The highest BCUT2D eigenvalue weighted by molar-refractivity contribution is 5.30. The number of benzene rings is 2. The van der Waals surface area contributed by atoms with Crippen molar-refractivity contribution in [3.63, 3.8) is 0 Å². The van der Waals surface area contributed by atoms with E-state index in [4.69, 9.17) is 0 Å². The summed E-state index contributed by atoms with van der Waals surface area (Å²) < 4.78 is 0. The first kappa shape index (κ1) is 11.9. The molecule has 0 spiro atoms. The number of rotatable bonds is 2. The van der Waals surface area contributed by atoms with Crippen molar-refractivity contribution in [1.82, 2.24) is 0 Å². The molecule has 0 aromatic heterocycles. The van der Waals surface area contributed by atoms with Crippen LogP contribution in [0, 0.1) is 6.07 Å². The highest BCUT2D eigenvalue weighted by atomic mass is 14.2. The van der Waals surface area contributed by atoms with Gasteiger partial charge < -0.3 is 0 Å². The molecule has 2 aromatic rings. The summed E-state index contributed by atoms with van der Waals surface area (Å²) in [5.41, 5.74) is 4.13. The van der Waals surface area contributed by atoms with Crippen LogP contribution in [0.25, 0.3) is 0 Å². The van der Waals surface area contributed by atoms with Gasteiger partial charge in [-0.3, -0.25) is 0 Å². The van der Waals surface area contributed by atoms with Crippen molar-refractivity contribution in [3.8, 4) is 0 Å². The van der Waals surface area contributed by atoms with Crippen LogP contribution in [0.15, 0.2) is 48.5 Å². The van der Waals surface area contributed by atoms with Crippen molar-refractivity contribution >= 4 is 0 Å². The molecule has 0 amide bonds. The van der Waals surface area contributed by atoms with Crippen molar-refractivity contribution in [2.24, 2.45) is 0 Å². The molecule has 0 saturated heterocycles. The minimum Gasteiger partial charge on any atom is -0.0622 e. The van der Waals surface area contributed by atoms with E-state index in [0.29, 0.717) is 0 Å². The molecule has 0 fully saturated rings. The van der Waals surface area contributed by atoms with Crippen molar-refractivity contribution < 1.29 is 0 Å². The summed E-state index contributed by atoms with van der Waals surface area (Å²) in [6.07, 6.45) is 0.988. The predicted molar refractivity (Wildman–Crippen MR) is 73.2 cm³/mol. The van der Waals surface area contributed by atoms with Crippen molar-refractivity contribution in [2.45, 2.75) is 32.6 Å². The van der Waals surface area contributed by atoms with E-state index in [1.807, 2.05) is 0 Å². The van der Waals surface area contributed by atoms with Gasteiger partial charge in [-0.2, -0.15) is 0 Å². The quantitative estimate of drug-likeness (QED) is 0.709. The van der Waals surface area contributed by atoms with Gasteiger partial charge in [-0.15, -0.1) is 0 Å². The van der Waals surface area contributed by atoms with Gasteiger partial charge in [0.05, 0.1) is 0 Å². The molecule has 87 valence electrons. The summed E-state index contributed by atoms with van der Waals surface area (Å²) in [4.78, 5) is 0. The van der Waals surface area contributed by atoms with Crippen LogP contribution in [-0.4, -0.2) is 0 Å². The van der Waals surface area contributed by atoms with Crippen LogP contribution in [0.4, 0.5) is 0 Å². The molecular formula is C17H19. The van der Waals surface area contributed by atoms with Crippen LogP contribution < -0.4 is 0 Å². The Bertz CT molecular complexity index is 458. The summed E-state index contributed by atoms with van der Waals surface area (Å²) in [6, 6.07) is 20.5. The molecule has 0 aliphatic carbocycles. The molecule has 0 saturated carbocycles. The van der Waals surface area contributed by atoms with Crippen LogP contribution in [-0.2, 0) is 11.8 Å². The number of hydrogen-bond donors (Lipinski definition) is 0. The van der Waals surface area contributed by atoms with Crippen molar-refractivity contribution in [3.05, 3.63) is 71.3 Å². The number of hydrogen-bond acceptors (Lipinski definition) is 0. The molecule has 1 radical (unpaired) electrons. The lowest BCUT2D eigenvalue weighted by Gasteiger charge is -2.18. The predicted octanol–water partition coefficient (Wildman–Crippen LogP) is 4.38. The van der Waals surface area contributed by atoms with Gasteiger partial charge in [-0.25, -0.2) is 0 Å². The Morgan fingerprint density at radius 1 is 0.882 bits per heavy atom. The minimum atomic E-state index is 0.186. The summed E-state index contributed by atoms with van der Waals surface area (Å²) in [7, 11) is 0. The van der Waals surface area contributed by atoms with Crippen molar-refractivity contribution in [2.75, 3.05) is 0 Å². The van der Waals surface area contributed by atoms with Crippen LogP contribution in [0.2, 0.25) is 0 Å². The lowest BCUT2D eigenvalue weighted by atomic mass is 9.86. The van der Waals surface area contributed by atoms with Gasteiger partial charge in [0, 0.05) is 0 Å². The van der Waals surface area contributed by atoms with E-state index in [9.17, 15) is 0 Å². The van der Waals surface area contributed by atoms with Gasteiger partial charge in [0.2, 0.25) is 0 Å². The fourth-order valence-corrected chi connectivity index (χ4v) is 1.87. The Morgan fingerprint density at radius 3 is 2.12 bits per heavy atom. The smallest absolute Gasteiger partial charge is 0.00256 e. The second-order valence-electron chi connectivity index (χ2n) is 5.52. The fraction of sp³-hybridized carbons (Fsp3) is 0.294. The molecular weight excluding hydrogens is 204 g/mol. The third kappa shape index (κ3) is 3.20. The van der Waals surface area contributed by atoms with Gasteiger partial charge in [0.25, 0.3) is 0 Å². The molecule has 0 aliphatic heterocycles. The highest BCUT2D eigenvalue weighted by Crippen LogP contribution is 2.22. The molecule has 0 bridgehead atoms. The average molecular weight is 223 g/mol. The van der Waals surface area contributed by atoms with Gasteiger partial charge in [-0.05, 0) is 34.6 Å². The first-order chi connectivity index (χ1) is 8.05. The second kappa shape index (κ2) is 4.75. The molecule has 0 unspecified atom stereocenters. The zero-order valence-corrected chi connectivity index (χ0v) is 10.8. The minimum absolute atomic E-state index is 0.186.